The number of nitriles is 1. The summed E-state index contributed by atoms with van der Waals surface area (Å²) >= 11 is 0. The van der Waals surface area contributed by atoms with Crippen molar-refractivity contribution in [1.29, 1.82) is 5.26 Å². The third-order valence-corrected chi connectivity index (χ3v) is 5.86. The van der Waals surface area contributed by atoms with Gasteiger partial charge in [0.25, 0.3) is 0 Å². The van der Waals surface area contributed by atoms with Crippen molar-refractivity contribution in [3.05, 3.63) is 66.2 Å². The molecule has 1 saturated carbocycles. The van der Waals surface area contributed by atoms with Crippen molar-refractivity contribution in [1.82, 2.24) is 14.5 Å². The zero-order valence-electron chi connectivity index (χ0n) is 19.9. The van der Waals surface area contributed by atoms with E-state index >= 15 is 4.39 Å². The van der Waals surface area contributed by atoms with Crippen LogP contribution in [0.25, 0.3) is 22.2 Å². The molecule has 8 nitrogen and oxygen atoms in total. The fourth-order valence-corrected chi connectivity index (χ4v) is 4.12. The Labute approximate surface area is 207 Å². The minimum Gasteiger partial charge on any atom is -0.447 e. The van der Waals surface area contributed by atoms with Gasteiger partial charge in [-0.15, -0.1) is 0 Å². The Hall–Kier alpha value is -4.45. The van der Waals surface area contributed by atoms with Crippen LogP contribution >= 0.6 is 0 Å². The van der Waals surface area contributed by atoms with E-state index in [0.29, 0.717) is 35.0 Å². The summed E-state index contributed by atoms with van der Waals surface area (Å²) in [7, 11) is 0. The molecular formula is C27H24FN5O3. The van der Waals surface area contributed by atoms with Gasteiger partial charge in [-0.2, -0.15) is 5.26 Å². The number of carbonyl (C=O) groups is 1. The second-order valence-corrected chi connectivity index (χ2v) is 8.98. The molecule has 4 aromatic rings. The Bertz CT molecular complexity index is 1470. The molecule has 1 N–H and O–H groups in total. The average Bonchev–Trinajstić information content (AvgIpc) is 3.62. The number of hydrogen-bond donors (Lipinski definition) is 1. The smallest absolute Gasteiger partial charge is 0.411 e. The molecular weight excluding hydrogens is 461 g/mol. The fraction of sp³-hybridized carbons (Fsp3) is 0.259. The Morgan fingerprint density at radius 2 is 2.00 bits per heavy atom. The van der Waals surface area contributed by atoms with E-state index in [2.05, 4.69) is 25.9 Å². The molecule has 0 atom stereocenters. The van der Waals surface area contributed by atoms with Crippen molar-refractivity contribution in [2.45, 2.75) is 39.3 Å². The molecule has 0 saturated heterocycles. The molecule has 5 rings (SSSR count). The number of nitrogens with zero attached hydrogens (tertiary/aromatic N) is 4. The maximum atomic E-state index is 15.0. The number of hydrogen-bond acceptors (Lipinski definition) is 6. The van der Waals surface area contributed by atoms with Crippen LogP contribution in [0, 0.1) is 23.1 Å². The maximum Gasteiger partial charge on any atom is 0.411 e. The first-order valence-corrected chi connectivity index (χ1v) is 11.7. The number of halogens is 1. The molecule has 0 radical (unpaired) electrons. The molecule has 0 bridgehead atoms. The van der Waals surface area contributed by atoms with Crippen LogP contribution in [0.2, 0.25) is 0 Å². The largest absolute Gasteiger partial charge is 0.447 e. The molecule has 1 aliphatic carbocycles. The minimum atomic E-state index is -0.730. The third kappa shape index (κ3) is 4.84. The van der Waals surface area contributed by atoms with Crippen molar-refractivity contribution in [3.63, 3.8) is 0 Å². The minimum absolute atomic E-state index is 0.00584. The van der Waals surface area contributed by atoms with Crippen LogP contribution in [0.5, 0.6) is 11.8 Å². The van der Waals surface area contributed by atoms with Crippen molar-refractivity contribution in [2.75, 3.05) is 5.32 Å². The highest BCUT2D eigenvalue weighted by molar-refractivity contribution is 5.95. The van der Waals surface area contributed by atoms with Crippen molar-refractivity contribution < 1.29 is 18.7 Å². The molecule has 2 aromatic heterocycles. The monoisotopic (exact) mass is 485 g/mol. The second kappa shape index (κ2) is 9.66. The predicted octanol–water partition coefficient (Wildman–Crippen LogP) is 6.27. The van der Waals surface area contributed by atoms with E-state index in [1.807, 2.05) is 12.1 Å². The van der Waals surface area contributed by atoms with Gasteiger partial charge in [0, 0.05) is 36.0 Å². The molecule has 0 aliphatic heterocycles. The Morgan fingerprint density at radius 1 is 1.22 bits per heavy atom. The van der Waals surface area contributed by atoms with E-state index in [0.717, 1.165) is 23.7 Å². The number of benzene rings is 2. The van der Waals surface area contributed by atoms with Gasteiger partial charge in [0.15, 0.2) is 0 Å². The summed E-state index contributed by atoms with van der Waals surface area (Å²) in [5, 5.41) is 13.3. The van der Waals surface area contributed by atoms with Crippen LogP contribution in [0.3, 0.4) is 0 Å². The van der Waals surface area contributed by atoms with Gasteiger partial charge in [-0.3, -0.25) is 5.32 Å². The first-order valence-electron chi connectivity index (χ1n) is 11.7. The lowest BCUT2D eigenvalue weighted by Gasteiger charge is -2.13. The number of rotatable bonds is 7. The number of anilines is 1. The summed E-state index contributed by atoms with van der Waals surface area (Å²) in [6.45, 7) is 4.12. The van der Waals surface area contributed by atoms with Gasteiger partial charge in [0.05, 0.1) is 28.6 Å². The molecule has 182 valence electrons. The number of carbonyl (C=O) groups excluding carboxylic acids is 1. The van der Waals surface area contributed by atoms with Crippen LogP contribution in [-0.4, -0.2) is 26.7 Å². The van der Waals surface area contributed by atoms with E-state index < -0.39 is 11.9 Å². The standard InChI is InChI=1S/C27H24FN5O3/c1-16(2)35-27(34)32-23-9-6-18(12-22(23)28)25-21(14-29)20-8-7-19(36-26-30-10-3-11-31-26)13-24(20)33(25)15-17-4-5-17/h3,6-13,16-17H,4-5,15H2,1-2H3,(H,32,34). The highest BCUT2D eigenvalue weighted by Gasteiger charge is 2.27. The lowest BCUT2D eigenvalue weighted by atomic mass is 10.1. The van der Waals surface area contributed by atoms with Crippen LogP contribution < -0.4 is 10.1 Å². The van der Waals surface area contributed by atoms with Crippen LogP contribution in [-0.2, 0) is 11.3 Å². The first-order chi connectivity index (χ1) is 17.4. The maximum absolute atomic E-state index is 15.0. The Morgan fingerprint density at radius 3 is 2.67 bits per heavy atom. The van der Waals surface area contributed by atoms with Crippen LogP contribution in [0.4, 0.5) is 14.9 Å². The molecule has 2 heterocycles. The van der Waals surface area contributed by atoms with E-state index in [-0.39, 0.29) is 17.8 Å². The molecule has 36 heavy (non-hydrogen) atoms. The predicted molar refractivity (Wildman–Crippen MR) is 132 cm³/mol. The Balaban J connectivity index is 1.57. The first kappa shape index (κ1) is 23.3. The number of amides is 1. The highest BCUT2D eigenvalue weighted by atomic mass is 19.1. The lowest BCUT2D eigenvalue weighted by molar-refractivity contribution is 0.130. The summed E-state index contributed by atoms with van der Waals surface area (Å²) < 4.78 is 28.0. The zero-order valence-corrected chi connectivity index (χ0v) is 19.9. The van der Waals surface area contributed by atoms with Gasteiger partial charge < -0.3 is 14.0 Å². The summed E-state index contributed by atoms with van der Waals surface area (Å²) in [5.41, 5.74) is 2.43. The number of fused-ring (bicyclic) bond motifs is 1. The zero-order chi connectivity index (χ0) is 25.2. The molecule has 0 unspecified atom stereocenters. The second-order valence-electron chi connectivity index (χ2n) is 8.98. The van der Waals surface area contributed by atoms with Crippen LogP contribution in [0.15, 0.2) is 54.9 Å². The molecule has 0 spiro atoms. The van der Waals surface area contributed by atoms with Gasteiger partial charge >= 0.3 is 12.1 Å². The number of ether oxygens (including phenoxy) is 2. The van der Waals surface area contributed by atoms with E-state index in [4.69, 9.17) is 9.47 Å². The molecule has 1 aliphatic rings. The lowest BCUT2D eigenvalue weighted by Crippen LogP contribution is -2.18. The molecule has 9 heteroatoms. The van der Waals surface area contributed by atoms with Crippen molar-refractivity contribution in [3.8, 4) is 29.1 Å². The van der Waals surface area contributed by atoms with Gasteiger partial charge in [0.1, 0.15) is 17.6 Å². The number of nitrogens with one attached hydrogen (secondary N) is 1. The quantitative estimate of drug-likeness (QED) is 0.331. The highest BCUT2D eigenvalue weighted by Crippen LogP contribution is 2.40. The van der Waals surface area contributed by atoms with Gasteiger partial charge in [0.2, 0.25) is 0 Å². The van der Waals surface area contributed by atoms with Crippen molar-refractivity contribution >= 4 is 22.7 Å². The Kier molecular flexibility index (Phi) is 6.25. The summed E-state index contributed by atoms with van der Waals surface area (Å²) in [6, 6.07) is 14.2. The van der Waals surface area contributed by atoms with Gasteiger partial charge in [-0.1, -0.05) is 6.07 Å². The van der Waals surface area contributed by atoms with Gasteiger partial charge in [-0.25, -0.2) is 19.2 Å². The third-order valence-electron chi connectivity index (χ3n) is 5.86. The summed E-state index contributed by atoms with van der Waals surface area (Å²) in [4.78, 5) is 20.1. The SMILES string of the molecule is CC(C)OC(=O)Nc1ccc(-c2c(C#N)c3ccc(Oc4ncccn4)cc3n2CC2CC2)cc1F. The topological polar surface area (TPSA) is 102 Å². The molecule has 1 amide bonds. The van der Waals surface area contributed by atoms with E-state index in [1.54, 1.807) is 44.4 Å². The average molecular weight is 486 g/mol. The van der Waals surface area contributed by atoms with E-state index in [9.17, 15) is 10.1 Å². The molecule has 1 fully saturated rings. The normalized spacial score (nSPS) is 13.0. The van der Waals surface area contributed by atoms with Gasteiger partial charge in [-0.05, 0) is 62.9 Å². The van der Waals surface area contributed by atoms with Crippen LogP contribution in [0.1, 0.15) is 32.3 Å². The fourth-order valence-electron chi connectivity index (χ4n) is 4.12. The number of aromatic nitrogens is 3. The molecule has 2 aromatic carbocycles. The van der Waals surface area contributed by atoms with E-state index in [1.165, 1.54) is 12.1 Å². The summed E-state index contributed by atoms with van der Waals surface area (Å²) in [5.74, 6) is 0.406. The summed E-state index contributed by atoms with van der Waals surface area (Å²) in [6.07, 6.45) is 4.34. The van der Waals surface area contributed by atoms with Crippen molar-refractivity contribution in [2.24, 2.45) is 5.92 Å².